The highest BCUT2D eigenvalue weighted by Crippen LogP contribution is 2.33. The molecule has 0 saturated carbocycles. The van der Waals surface area contributed by atoms with E-state index in [1.165, 1.54) is 0 Å². The molecule has 140 valence electrons. The van der Waals surface area contributed by atoms with E-state index < -0.39 is 18.1 Å². The van der Waals surface area contributed by atoms with E-state index in [2.05, 4.69) is 10.6 Å². The molecule has 0 aromatic heterocycles. The average molecular weight is 377 g/mol. The van der Waals surface area contributed by atoms with Crippen LogP contribution in [0.25, 0.3) is 0 Å². The van der Waals surface area contributed by atoms with Gasteiger partial charge in [-0.15, -0.1) is 12.4 Å². The van der Waals surface area contributed by atoms with E-state index in [1.807, 2.05) is 0 Å². The quantitative estimate of drug-likeness (QED) is 0.824. The van der Waals surface area contributed by atoms with Crippen LogP contribution in [0.2, 0.25) is 0 Å². The topological polar surface area (TPSA) is 41.1 Å². The molecule has 2 fully saturated rings. The molecule has 1 amide bonds. The maximum Gasteiger partial charge on any atom is 0.408 e. The second-order valence-electron chi connectivity index (χ2n) is 7.03. The van der Waals surface area contributed by atoms with Gasteiger partial charge < -0.3 is 10.6 Å². The molecule has 7 heteroatoms. The molecule has 0 spiro atoms. The van der Waals surface area contributed by atoms with Crippen LogP contribution in [0.15, 0.2) is 30.3 Å². The fourth-order valence-electron chi connectivity index (χ4n) is 3.96. The number of carbonyl (C=O) groups is 1. The van der Waals surface area contributed by atoms with Crippen LogP contribution in [0.3, 0.4) is 0 Å². The van der Waals surface area contributed by atoms with E-state index in [9.17, 15) is 18.0 Å². The van der Waals surface area contributed by atoms with Gasteiger partial charge in [-0.25, -0.2) is 0 Å². The number of halogens is 4. The zero-order valence-electron chi connectivity index (χ0n) is 13.9. The molecule has 1 aromatic carbocycles. The lowest BCUT2D eigenvalue weighted by Gasteiger charge is -2.29. The summed E-state index contributed by atoms with van der Waals surface area (Å²) in [6.07, 6.45) is -0.481. The van der Waals surface area contributed by atoms with Crippen molar-refractivity contribution in [2.24, 2.45) is 5.92 Å². The third-order valence-electron chi connectivity index (χ3n) is 5.06. The summed E-state index contributed by atoms with van der Waals surface area (Å²) < 4.78 is 39.8. The molecule has 1 aromatic rings. The van der Waals surface area contributed by atoms with E-state index in [0.717, 1.165) is 25.7 Å². The van der Waals surface area contributed by atoms with Crippen LogP contribution < -0.4 is 10.6 Å². The third kappa shape index (κ3) is 5.61. The van der Waals surface area contributed by atoms with Crippen LogP contribution in [-0.2, 0) is 11.2 Å². The van der Waals surface area contributed by atoms with Gasteiger partial charge in [0.05, 0.1) is 0 Å². The maximum absolute atomic E-state index is 13.3. The lowest BCUT2D eigenvalue weighted by Crippen LogP contribution is -2.48. The normalized spacial score (nSPS) is 26.6. The summed E-state index contributed by atoms with van der Waals surface area (Å²) in [5.41, 5.74) is 0.569. The molecule has 2 bridgehead atoms. The Balaban J connectivity index is 0.00000225. The number of hydrogen-bond acceptors (Lipinski definition) is 2. The Kier molecular flexibility index (Phi) is 6.74. The lowest BCUT2D eigenvalue weighted by atomic mass is 9.89. The summed E-state index contributed by atoms with van der Waals surface area (Å²) in [6.45, 7) is 0. The van der Waals surface area contributed by atoms with Crippen molar-refractivity contribution in [2.45, 2.75) is 62.8 Å². The second kappa shape index (κ2) is 8.41. The Labute approximate surface area is 152 Å². The molecule has 25 heavy (non-hydrogen) atoms. The van der Waals surface area contributed by atoms with Crippen molar-refractivity contribution in [1.82, 2.24) is 10.6 Å². The lowest BCUT2D eigenvalue weighted by molar-refractivity contribution is -0.161. The highest BCUT2D eigenvalue weighted by molar-refractivity contribution is 5.85. The predicted octanol–water partition coefficient (Wildman–Crippen LogP) is 3.62. The molecule has 2 aliphatic rings. The van der Waals surface area contributed by atoms with Gasteiger partial charge in [-0.2, -0.15) is 13.2 Å². The molecule has 2 aliphatic heterocycles. The van der Waals surface area contributed by atoms with Crippen LogP contribution in [0, 0.1) is 5.92 Å². The van der Waals surface area contributed by atoms with Crippen molar-refractivity contribution < 1.29 is 18.0 Å². The van der Waals surface area contributed by atoms with Crippen molar-refractivity contribution in [2.75, 3.05) is 0 Å². The number of alkyl halides is 3. The third-order valence-corrected chi connectivity index (χ3v) is 5.06. The highest BCUT2D eigenvalue weighted by Gasteiger charge is 2.41. The maximum atomic E-state index is 13.3. The first kappa shape index (κ1) is 20.0. The minimum atomic E-state index is -4.45. The van der Waals surface area contributed by atoms with Gasteiger partial charge in [-0.05, 0) is 37.2 Å². The van der Waals surface area contributed by atoms with E-state index in [-0.39, 0.29) is 31.2 Å². The Morgan fingerprint density at radius 3 is 2.32 bits per heavy atom. The molecule has 3 atom stereocenters. The standard InChI is InChI=1S/C18H23F3N2O.ClH/c19-18(20,21)16(10-12-4-2-1-3-5-12)23-17(24)11-13-8-14-6-7-15(9-13)22-14;/h1-5,13-16,22H,6-11H2,(H,23,24);1H. The van der Waals surface area contributed by atoms with E-state index in [4.69, 9.17) is 0 Å². The molecule has 2 N–H and O–H groups in total. The van der Waals surface area contributed by atoms with Crippen LogP contribution in [0.5, 0.6) is 0 Å². The fourth-order valence-corrected chi connectivity index (χ4v) is 3.96. The molecular weight excluding hydrogens is 353 g/mol. The molecule has 0 radical (unpaired) electrons. The highest BCUT2D eigenvalue weighted by atomic mass is 35.5. The summed E-state index contributed by atoms with van der Waals surface area (Å²) in [6, 6.07) is 7.51. The van der Waals surface area contributed by atoms with Crippen molar-refractivity contribution >= 4 is 18.3 Å². The van der Waals surface area contributed by atoms with Crippen molar-refractivity contribution in [3.8, 4) is 0 Å². The van der Waals surface area contributed by atoms with E-state index >= 15 is 0 Å². The number of piperidine rings is 1. The van der Waals surface area contributed by atoms with Crippen LogP contribution in [0.1, 0.15) is 37.7 Å². The van der Waals surface area contributed by atoms with Crippen LogP contribution in [-0.4, -0.2) is 30.2 Å². The Bertz CT molecular complexity index is 555. The van der Waals surface area contributed by atoms with Crippen molar-refractivity contribution in [3.05, 3.63) is 35.9 Å². The largest absolute Gasteiger partial charge is 0.408 e. The zero-order valence-corrected chi connectivity index (χ0v) is 14.7. The zero-order chi connectivity index (χ0) is 17.2. The second-order valence-corrected chi connectivity index (χ2v) is 7.03. The number of nitrogens with one attached hydrogen (secondary N) is 2. The van der Waals surface area contributed by atoms with E-state index in [0.29, 0.717) is 17.6 Å². The number of amides is 1. The molecule has 2 heterocycles. The van der Waals surface area contributed by atoms with Gasteiger partial charge in [0, 0.05) is 24.9 Å². The Morgan fingerprint density at radius 2 is 1.76 bits per heavy atom. The van der Waals surface area contributed by atoms with Crippen LogP contribution in [0.4, 0.5) is 13.2 Å². The summed E-state index contributed by atoms with van der Waals surface area (Å²) in [4.78, 5) is 12.2. The van der Waals surface area contributed by atoms with Gasteiger partial charge in [0.15, 0.2) is 0 Å². The first-order valence-corrected chi connectivity index (χ1v) is 8.56. The first-order valence-electron chi connectivity index (χ1n) is 8.56. The summed E-state index contributed by atoms with van der Waals surface area (Å²) in [7, 11) is 0. The number of benzene rings is 1. The molecule has 0 aliphatic carbocycles. The Hall–Kier alpha value is -1.27. The smallest absolute Gasteiger partial charge is 0.344 e. The molecule has 3 nitrogen and oxygen atoms in total. The van der Waals surface area contributed by atoms with Gasteiger partial charge >= 0.3 is 6.18 Å². The van der Waals surface area contributed by atoms with Gasteiger partial charge in [-0.3, -0.25) is 4.79 Å². The minimum Gasteiger partial charge on any atom is -0.344 e. The van der Waals surface area contributed by atoms with Gasteiger partial charge in [0.1, 0.15) is 6.04 Å². The number of fused-ring (bicyclic) bond motifs is 2. The number of rotatable bonds is 5. The predicted molar refractivity (Wildman–Crippen MR) is 92.7 cm³/mol. The van der Waals surface area contributed by atoms with Crippen LogP contribution >= 0.6 is 12.4 Å². The van der Waals surface area contributed by atoms with E-state index in [1.54, 1.807) is 30.3 Å². The Morgan fingerprint density at radius 1 is 1.16 bits per heavy atom. The summed E-state index contributed by atoms with van der Waals surface area (Å²) >= 11 is 0. The van der Waals surface area contributed by atoms with Gasteiger partial charge in [0.2, 0.25) is 5.91 Å². The van der Waals surface area contributed by atoms with Gasteiger partial charge in [-0.1, -0.05) is 30.3 Å². The molecular formula is C18H24ClF3N2O. The first-order chi connectivity index (χ1) is 11.4. The molecule has 3 rings (SSSR count). The number of carbonyl (C=O) groups excluding carboxylic acids is 1. The average Bonchev–Trinajstić information content (AvgIpc) is 2.85. The molecule has 2 saturated heterocycles. The molecule has 3 unspecified atom stereocenters. The summed E-state index contributed by atoms with van der Waals surface area (Å²) in [5.74, 6) is -0.297. The minimum absolute atomic E-state index is 0. The van der Waals surface area contributed by atoms with Gasteiger partial charge in [0.25, 0.3) is 0 Å². The van der Waals surface area contributed by atoms with Crippen molar-refractivity contribution in [1.29, 1.82) is 0 Å². The van der Waals surface area contributed by atoms with Crippen molar-refractivity contribution in [3.63, 3.8) is 0 Å². The number of hydrogen-bond donors (Lipinski definition) is 2. The summed E-state index contributed by atoms with van der Waals surface area (Å²) in [5, 5.41) is 5.70. The fraction of sp³-hybridized carbons (Fsp3) is 0.611. The monoisotopic (exact) mass is 376 g/mol. The SMILES string of the molecule is Cl.O=C(CC1CC2CCC(C1)N2)NC(Cc1ccccc1)C(F)(F)F.